The summed E-state index contributed by atoms with van der Waals surface area (Å²) in [5.74, 6) is -3.07. The first-order valence-electron chi connectivity index (χ1n) is 9.03. The molecule has 0 unspecified atom stereocenters. The van der Waals surface area contributed by atoms with Gasteiger partial charge in [0.2, 0.25) is 17.2 Å². The van der Waals surface area contributed by atoms with E-state index in [4.69, 9.17) is 0 Å². The van der Waals surface area contributed by atoms with Gasteiger partial charge in [-0.1, -0.05) is 33.9 Å². The zero-order chi connectivity index (χ0) is 24.5. The van der Waals surface area contributed by atoms with E-state index in [0.717, 1.165) is 6.92 Å². The molecule has 190 valence electrons. The predicted molar refractivity (Wildman–Crippen MR) is 116 cm³/mol. The Kier molecular flexibility index (Phi) is 9.58. The maximum atomic E-state index is 14.3. The highest BCUT2D eigenvalue weighted by Crippen LogP contribution is 2.57. The van der Waals surface area contributed by atoms with E-state index in [9.17, 15) is 46.1 Å². The number of phenolic OH excluding ortho intramolecular Hbond substituents is 2. The Bertz CT molecular complexity index is 1020. The third kappa shape index (κ3) is 5.54. The molecule has 0 aliphatic carbocycles. The third-order valence-corrected chi connectivity index (χ3v) is 4.62. The fourth-order valence-electron chi connectivity index (χ4n) is 3.15. The molecule has 0 bridgehead atoms. The summed E-state index contributed by atoms with van der Waals surface area (Å²) >= 11 is 0. The maximum absolute atomic E-state index is 14.3. The van der Waals surface area contributed by atoms with Crippen molar-refractivity contribution in [3.8, 4) is 11.5 Å². The van der Waals surface area contributed by atoms with Crippen LogP contribution < -0.4 is 10.6 Å². The van der Waals surface area contributed by atoms with Crippen molar-refractivity contribution in [2.75, 3.05) is 10.6 Å². The van der Waals surface area contributed by atoms with Gasteiger partial charge in [-0.25, -0.2) is 0 Å². The van der Waals surface area contributed by atoms with Crippen molar-refractivity contribution >= 4 is 23.2 Å². The molecule has 4 N–H and O–H groups in total. The molecule has 0 heterocycles. The summed E-state index contributed by atoms with van der Waals surface area (Å²) in [6.45, 7) is 2.35. The highest BCUT2D eigenvalue weighted by molar-refractivity contribution is 5.92. The molecule has 0 atom stereocenters. The minimum absolute atomic E-state index is 0. The van der Waals surface area contributed by atoms with Gasteiger partial charge < -0.3 is 20.8 Å². The highest BCUT2D eigenvalue weighted by Gasteiger charge is 2.72. The van der Waals surface area contributed by atoms with Gasteiger partial charge in [0.05, 0.1) is 11.4 Å². The molecule has 34 heavy (non-hydrogen) atoms. The second-order valence-corrected chi connectivity index (χ2v) is 6.79. The molecule has 2 amide bonds. The number of hydrogen-bond acceptors (Lipinski definition) is 4. The van der Waals surface area contributed by atoms with E-state index in [2.05, 4.69) is 5.32 Å². The summed E-state index contributed by atoms with van der Waals surface area (Å²) in [5, 5.41) is 23.6. The second kappa shape index (κ2) is 10.7. The van der Waals surface area contributed by atoms with Crippen LogP contribution in [-0.2, 0) is 15.0 Å². The Morgan fingerprint density at radius 2 is 1.18 bits per heavy atom. The molecule has 6 nitrogen and oxygen atoms in total. The highest BCUT2D eigenvalue weighted by atomic mass is 19.4. The van der Waals surface area contributed by atoms with Crippen molar-refractivity contribution in [3.63, 3.8) is 0 Å². The number of hydrogen-bond donors (Lipinski definition) is 4. The fraction of sp³-hybridized carbons (Fsp3) is 0.364. The molecule has 2 rings (SSSR count). The number of carbonyl (C=O) groups is 2. The molecule has 2 aromatic rings. The average Bonchev–Trinajstić information content (AvgIpc) is 2.64. The van der Waals surface area contributed by atoms with Crippen LogP contribution in [0.1, 0.15) is 46.2 Å². The summed E-state index contributed by atoms with van der Waals surface area (Å²) < 4.78 is 85.7. The molecule has 0 radical (unpaired) electrons. The normalized spacial score (nSPS) is 11.6. The van der Waals surface area contributed by atoms with Gasteiger partial charge in [0.15, 0.2) is 0 Å². The third-order valence-electron chi connectivity index (χ3n) is 4.62. The van der Waals surface area contributed by atoms with Crippen molar-refractivity contribution in [1.82, 2.24) is 0 Å². The molecule has 12 heteroatoms. The molecule has 2 aromatic carbocycles. The zero-order valence-electron chi connectivity index (χ0n) is 16.6. The fourth-order valence-corrected chi connectivity index (χ4v) is 3.15. The number of halogens is 6. The van der Waals surface area contributed by atoms with Crippen LogP contribution in [0.3, 0.4) is 0 Å². The van der Waals surface area contributed by atoms with Crippen molar-refractivity contribution < 1.29 is 46.1 Å². The smallest absolute Gasteiger partial charge is 0.411 e. The number of alkyl halides is 6. The molecule has 0 aliphatic rings. The molecule has 0 saturated carbocycles. The van der Waals surface area contributed by atoms with E-state index in [-0.39, 0.29) is 21.3 Å². The number of nitrogens with one attached hydrogen (secondary N) is 2. The van der Waals surface area contributed by atoms with E-state index in [1.54, 1.807) is 0 Å². The van der Waals surface area contributed by atoms with Gasteiger partial charge in [0, 0.05) is 13.3 Å². The molecule has 0 spiro atoms. The summed E-state index contributed by atoms with van der Waals surface area (Å²) in [4.78, 5) is 22.9. The number of phenols is 2. The lowest BCUT2D eigenvalue weighted by Crippen LogP contribution is -2.54. The Hall–Kier alpha value is -3.44. The summed E-state index contributed by atoms with van der Waals surface area (Å²) in [5.41, 5.74) is -8.63. The molecule has 0 saturated heterocycles. The topological polar surface area (TPSA) is 98.7 Å². The molecule has 0 aromatic heterocycles. The molecule has 0 aliphatic heterocycles. The van der Waals surface area contributed by atoms with Gasteiger partial charge in [0.25, 0.3) is 0 Å². The maximum Gasteiger partial charge on any atom is 0.411 e. The van der Waals surface area contributed by atoms with E-state index in [0.29, 0.717) is 36.4 Å². The number of amides is 2. The lowest BCUT2D eigenvalue weighted by molar-refractivity contribution is -0.288. The van der Waals surface area contributed by atoms with Crippen LogP contribution in [0.25, 0.3) is 0 Å². The number of carbonyl (C=O) groups excluding carboxylic acids is 2. The summed E-state index contributed by atoms with van der Waals surface area (Å²) in [6.07, 6.45) is -12.1. The van der Waals surface area contributed by atoms with E-state index in [1.165, 1.54) is 6.92 Å². The first-order valence-corrected chi connectivity index (χ1v) is 9.03. The first-order chi connectivity index (χ1) is 14.6. The largest absolute Gasteiger partial charge is 0.506 e. The van der Waals surface area contributed by atoms with Gasteiger partial charge in [-0.05, 0) is 35.4 Å². The van der Waals surface area contributed by atoms with Gasteiger partial charge in [0.1, 0.15) is 11.5 Å². The Morgan fingerprint density at radius 3 is 1.50 bits per heavy atom. The van der Waals surface area contributed by atoms with E-state index < -0.39 is 63.6 Å². The molecule has 0 fully saturated rings. The van der Waals surface area contributed by atoms with Crippen molar-refractivity contribution in [2.45, 2.75) is 52.9 Å². The van der Waals surface area contributed by atoms with Crippen LogP contribution in [0.15, 0.2) is 36.4 Å². The Labute approximate surface area is 192 Å². The lowest BCUT2D eigenvalue weighted by Gasteiger charge is -2.38. The van der Waals surface area contributed by atoms with Crippen molar-refractivity contribution in [3.05, 3.63) is 47.5 Å². The Morgan fingerprint density at radius 1 is 0.794 bits per heavy atom. The average molecular weight is 496 g/mol. The summed E-state index contributed by atoms with van der Waals surface area (Å²) in [7, 11) is 0. The monoisotopic (exact) mass is 496 g/mol. The van der Waals surface area contributed by atoms with Crippen LogP contribution >= 0.6 is 0 Å². The summed E-state index contributed by atoms with van der Waals surface area (Å²) in [6, 6.07) is 2.81. The Balaban J connectivity index is 0.00000544. The van der Waals surface area contributed by atoms with Crippen LogP contribution in [-0.4, -0.2) is 34.4 Å². The second-order valence-electron chi connectivity index (χ2n) is 6.79. The van der Waals surface area contributed by atoms with Gasteiger partial charge in [-0.15, -0.1) is 0 Å². The van der Waals surface area contributed by atoms with Gasteiger partial charge in [-0.2, -0.15) is 26.3 Å². The minimum Gasteiger partial charge on any atom is -0.506 e. The van der Waals surface area contributed by atoms with Gasteiger partial charge >= 0.3 is 12.4 Å². The van der Waals surface area contributed by atoms with E-state index in [1.807, 2.05) is 5.32 Å². The number of aromatic hydroxyl groups is 2. The van der Waals surface area contributed by atoms with Crippen LogP contribution in [0, 0.1) is 0 Å². The van der Waals surface area contributed by atoms with Crippen molar-refractivity contribution in [2.24, 2.45) is 0 Å². The SMILES string of the molecule is C.C.CCC(=O)Nc1cc(C(c2ccc(O)c(NC(C)=O)c2)(C(F)(F)F)C(F)(F)F)ccc1O. The van der Waals surface area contributed by atoms with Gasteiger partial charge in [-0.3, -0.25) is 9.59 Å². The predicted octanol–water partition coefficient (Wildman–Crippen LogP) is 6.09. The molecular formula is C22H26F6N2O4. The minimum atomic E-state index is -5.96. The van der Waals surface area contributed by atoms with Crippen molar-refractivity contribution in [1.29, 1.82) is 0 Å². The van der Waals surface area contributed by atoms with Crippen LogP contribution in [0.2, 0.25) is 0 Å². The molecular weight excluding hydrogens is 470 g/mol. The zero-order valence-corrected chi connectivity index (χ0v) is 16.6. The first kappa shape index (κ1) is 30.6. The lowest BCUT2D eigenvalue weighted by atomic mass is 9.72. The number of benzene rings is 2. The van der Waals surface area contributed by atoms with Crippen LogP contribution in [0.4, 0.5) is 37.7 Å². The quantitative estimate of drug-likeness (QED) is 0.298. The van der Waals surface area contributed by atoms with E-state index >= 15 is 0 Å². The standard InChI is InChI=1S/C20H18F6N2O4.2CH4/c1-3-17(32)28-14-9-12(5-7-16(14)31)18(19(21,22)23,20(24,25)26)11-4-6-15(30)13(8-11)27-10(2)29;;/h4-9,30-31H,3H2,1-2H3,(H,27,29)(H,28,32);2*1H4. The van der Waals surface area contributed by atoms with Crippen LogP contribution in [0.5, 0.6) is 11.5 Å². The number of rotatable bonds is 5. The number of anilines is 2.